The van der Waals surface area contributed by atoms with E-state index in [4.69, 9.17) is 0 Å². The molecule has 0 rings (SSSR count). The van der Waals surface area contributed by atoms with Gasteiger partial charge in [-0.15, -0.1) is 0 Å². The van der Waals surface area contributed by atoms with E-state index in [1.807, 2.05) is 0 Å². The molecule has 0 spiro atoms. The highest BCUT2D eigenvalue weighted by Crippen LogP contribution is 2.21. The summed E-state index contributed by atoms with van der Waals surface area (Å²) in [5.74, 6) is -4.19. The van der Waals surface area contributed by atoms with Gasteiger partial charge in [-0.2, -0.15) is 13.2 Å². The van der Waals surface area contributed by atoms with Crippen LogP contribution in [0, 0.1) is 0 Å². The van der Waals surface area contributed by atoms with Crippen LogP contribution >= 0.6 is 9.24 Å². The minimum absolute atomic E-state index is 1.42. The van der Waals surface area contributed by atoms with Crippen LogP contribution in [0.3, 0.4) is 0 Å². The molecule has 31 valence electrons. The van der Waals surface area contributed by atoms with E-state index in [-0.39, 0.29) is 0 Å². The Morgan fingerprint density at radius 2 is 1.20 bits per heavy atom. The molecule has 0 heterocycles. The maximum atomic E-state index is 10.3. The van der Waals surface area contributed by atoms with E-state index in [1.165, 1.54) is 9.24 Å². The zero-order valence-electron chi connectivity index (χ0n) is 2.13. The van der Waals surface area contributed by atoms with E-state index in [9.17, 15) is 13.2 Å². The van der Waals surface area contributed by atoms with Gasteiger partial charge in [-0.05, 0) is 0 Å². The Bertz CT molecular complexity index is 22.4. The van der Waals surface area contributed by atoms with E-state index < -0.39 is 5.92 Å². The van der Waals surface area contributed by atoms with Gasteiger partial charge in [-0.3, -0.25) is 0 Å². The largest absolute Gasteiger partial charge is 0.406 e. The van der Waals surface area contributed by atoms with Crippen LogP contribution in [0.2, 0.25) is 0 Å². The smallest absolute Gasteiger partial charge is 0.167 e. The lowest BCUT2D eigenvalue weighted by Crippen LogP contribution is -1.88. The minimum atomic E-state index is -4.19. The Labute approximate surface area is 29.6 Å². The Morgan fingerprint density at radius 1 is 1.20 bits per heavy atom. The van der Waals surface area contributed by atoms with Crippen molar-refractivity contribution in [2.45, 2.75) is 5.92 Å². The van der Waals surface area contributed by atoms with Crippen LogP contribution in [0.5, 0.6) is 0 Å². The summed E-state index contributed by atoms with van der Waals surface area (Å²) in [4.78, 5) is 0. The van der Waals surface area contributed by atoms with Crippen LogP contribution in [-0.2, 0) is 0 Å². The van der Waals surface area contributed by atoms with Crippen molar-refractivity contribution in [1.29, 1.82) is 0 Å². The zero-order valence-corrected chi connectivity index (χ0v) is 3.13. The Hall–Kier alpha value is 0.220. The molecule has 0 aromatic carbocycles. The molecule has 5 heavy (non-hydrogen) atoms. The average Bonchev–Trinajstić information content (AvgIpc) is 0.722. The third-order valence-corrected chi connectivity index (χ3v) is 0. The molecule has 0 aliphatic carbocycles. The standard InChI is InChI=1S/CHF3P/c2-1(3,4)5/h5H. The van der Waals surface area contributed by atoms with Gasteiger partial charge in [-0.1, -0.05) is 0 Å². The van der Waals surface area contributed by atoms with Gasteiger partial charge in [0.1, 0.15) is 0 Å². The topological polar surface area (TPSA) is 0 Å². The SMILES string of the molecule is FC(F)(F)[PH]. The lowest BCUT2D eigenvalue weighted by atomic mass is 11.6. The van der Waals surface area contributed by atoms with Crippen molar-refractivity contribution in [1.82, 2.24) is 0 Å². The molecule has 0 N–H and O–H groups in total. The highest BCUT2D eigenvalue weighted by Gasteiger charge is 2.16. The second-order valence-corrected chi connectivity index (χ2v) is 1.06. The fourth-order valence-corrected chi connectivity index (χ4v) is 0. The van der Waals surface area contributed by atoms with E-state index in [0.717, 1.165) is 0 Å². The van der Waals surface area contributed by atoms with Crippen molar-refractivity contribution >= 4 is 9.24 Å². The lowest BCUT2D eigenvalue weighted by molar-refractivity contribution is -0.0341. The summed E-state index contributed by atoms with van der Waals surface area (Å²) in [5.41, 5.74) is 0. The van der Waals surface area contributed by atoms with Crippen LogP contribution in [-0.4, -0.2) is 5.92 Å². The fraction of sp³-hybridized carbons (Fsp3) is 1.00. The summed E-state index contributed by atoms with van der Waals surface area (Å²) in [6.45, 7) is 0. The normalized spacial score (nSPS) is 12.0. The molecule has 0 amide bonds. The molecular weight excluding hydrogens is 100.0 g/mol. The molecule has 0 aromatic rings. The average molecular weight is 101 g/mol. The molecule has 0 saturated heterocycles. The van der Waals surface area contributed by atoms with Crippen molar-refractivity contribution in [2.24, 2.45) is 0 Å². The predicted molar refractivity (Wildman–Crippen MR) is 14.4 cm³/mol. The van der Waals surface area contributed by atoms with Gasteiger partial charge in [0.15, 0.2) is 0 Å². The maximum Gasteiger partial charge on any atom is 0.406 e. The Balaban J connectivity index is 3.02. The summed E-state index contributed by atoms with van der Waals surface area (Å²) < 4.78 is 30.8. The van der Waals surface area contributed by atoms with E-state index in [2.05, 4.69) is 0 Å². The first-order valence-corrected chi connectivity index (χ1v) is 1.32. The molecule has 0 atom stereocenters. The molecule has 4 heteroatoms. The fourth-order valence-electron chi connectivity index (χ4n) is 0. The van der Waals surface area contributed by atoms with E-state index in [1.54, 1.807) is 0 Å². The van der Waals surface area contributed by atoms with Crippen molar-refractivity contribution in [3.8, 4) is 0 Å². The van der Waals surface area contributed by atoms with Crippen molar-refractivity contribution in [3.63, 3.8) is 0 Å². The Morgan fingerprint density at radius 3 is 1.20 bits per heavy atom. The molecule has 0 saturated carbocycles. The van der Waals surface area contributed by atoms with Gasteiger partial charge in [0.05, 0.1) is 0 Å². The van der Waals surface area contributed by atoms with E-state index in [0.29, 0.717) is 0 Å². The lowest BCUT2D eigenvalue weighted by Gasteiger charge is -1.87. The zero-order chi connectivity index (χ0) is 4.50. The molecule has 1 radical (unpaired) electrons. The summed E-state index contributed by atoms with van der Waals surface area (Å²) in [7, 11) is 1.42. The molecule has 0 aliphatic rings. The van der Waals surface area contributed by atoms with Gasteiger partial charge in [0.2, 0.25) is 0 Å². The minimum Gasteiger partial charge on any atom is -0.167 e. The van der Waals surface area contributed by atoms with Crippen molar-refractivity contribution < 1.29 is 13.2 Å². The summed E-state index contributed by atoms with van der Waals surface area (Å²) in [6, 6.07) is 0. The summed E-state index contributed by atoms with van der Waals surface area (Å²) >= 11 is 0. The number of hydrogen-bond acceptors (Lipinski definition) is 0. The maximum absolute atomic E-state index is 10.3. The van der Waals surface area contributed by atoms with Gasteiger partial charge in [0, 0.05) is 9.24 Å². The van der Waals surface area contributed by atoms with Gasteiger partial charge < -0.3 is 0 Å². The number of halogens is 3. The molecule has 0 aromatic heterocycles. The second kappa shape index (κ2) is 1.13. The van der Waals surface area contributed by atoms with Crippen molar-refractivity contribution in [3.05, 3.63) is 0 Å². The van der Waals surface area contributed by atoms with Crippen LogP contribution in [0.15, 0.2) is 0 Å². The summed E-state index contributed by atoms with van der Waals surface area (Å²) in [5, 5.41) is 0. The molecule has 0 nitrogen and oxygen atoms in total. The highest BCUT2D eigenvalue weighted by atomic mass is 31.0. The summed E-state index contributed by atoms with van der Waals surface area (Å²) in [6.07, 6.45) is 0. The van der Waals surface area contributed by atoms with Crippen LogP contribution in [0.1, 0.15) is 0 Å². The first-order valence-electron chi connectivity index (χ1n) is 0.817. The van der Waals surface area contributed by atoms with Crippen LogP contribution in [0.25, 0.3) is 0 Å². The Kier molecular flexibility index (Phi) is 1.18. The third kappa shape index (κ3) is 430. The second-order valence-electron chi connectivity index (χ2n) is 0.498. The number of rotatable bonds is 0. The first-order chi connectivity index (χ1) is 2.00. The van der Waals surface area contributed by atoms with Gasteiger partial charge in [0.25, 0.3) is 0 Å². The van der Waals surface area contributed by atoms with Crippen LogP contribution < -0.4 is 0 Å². The monoisotopic (exact) mass is 101 g/mol. The van der Waals surface area contributed by atoms with Gasteiger partial charge >= 0.3 is 5.92 Å². The number of hydrogen-bond donors (Lipinski definition) is 0. The third-order valence-electron chi connectivity index (χ3n) is 0. The number of alkyl halides is 3. The molecular formula is CHF3P. The first kappa shape index (κ1) is 5.22. The predicted octanol–water partition coefficient (Wildman–Crippen LogP) is 1.65. The highest BCUT2D eigenvalue weighted by molar-refractivity contribution is 7.17. The van der Waals surface area contributed by atoms with E-state index >= 15 is 0 Å². The van der Waals surface area contributed by atoms with Crippen LogP contribution in [0.4, 0.5) is 13.2 Å². The quantitative estimate of drug-likeness (QED) is 0.407. The molecule has 0 unspecified atom stereocenters. The molecule has 0 fully saturated rings. The van der Waals surface area contributed by atoms with Crippen molar-refractivity contribution in [2.75, 3.05) is 0 Å². The van der Waals surface area contributed by atoms with Gasteiger partial charge in [-0.25, -0.2) is 0 Å². The molecule has 0 aliphatic heterocycles. The molecule has 0 bridgehead atoms.